The topological polar surface area (TPSA) is 106 Å². The van der Waals surface area contributed by atoms with Crippen LogP contribution >= 0.6 is 0 Å². The van der Waals surface area contributed by atoms with Crippen LogP contribution in [0.5, 0.6) is 0 Å². The third-order valence-electron chi connectivity index (χ3n) is 15.5. The molecule has 2 N–H and O–H groups in total. The highest BCUT2D eigenvalue weighted by Gasteiger charge is 2.70. The number of aliphatic carboxylic acids is 1. The first-order valence-electron chi connectivity index (χ1n) is 18.9. The average molecular weight is 665 g/mol. The number of carboxylic acid groups (broad SMARTS) is 1. The van der Waals surface area contributed by atoms with Crippen LogP contribution in [-0.4, -0.2) is 34.0 Å². The zero-order valence-corrected chi connectivity index (χ0v) is 31.6. The molecule has 0 radical (unpaired) electrons. The molecule has 1 aromatic heterocycles. The van der Waals surface area contributed by atoms with Gasteiger partial charge in [-0.25, -0.2) is 0 Å². The number of amides is 1. The van der Waals surface area contributed by atoms with Crippen LogP contribution in [0.3, 0.4) is 0 Å². The number of carbonyl (C=O) groups excluding carboxylic acids is 2. The fraction of sp³-hybridized carbons (Fsp3) is 0.805. The first-order chi connectivity index (χ1) is 22.3. The van der Waals surface area contributed by atoms with Crippen molar-refractivity contribution >= 4 is 17.8 Å². The summed E-state index contributed by atoms with van der Waals surface area (Å²) in [5, 5.41) is 13.0. The lowest BCUT2D eigenvalue weighted by molar-refractivity contribution is -0.249. The molecule has 1 aromatic rings. The number of ether oxygens (including phenoxy) is 1. The summed E-state index contributed by atoms with van der Waals surface area (Å²) in [7, 11) is 0. The molecule has 10 atom stereocenters. The van der Waals surface area contributed by atoms with Gasteiger partial charge < -0.3 is 15.2 Å². The van der Waals surface area contributed by atoms with Crippen molar-refractivity contribution in [3.63, 3.8) is 0 Å². The maximum absolute atomic E-state index is 14.4. The van der Waals surface area contributed by atoms with Gasteiger partial charge in [0.15, 0.2) is 0 Å². The van der Waals surface area contributed by atoms with Crippen molar-refractivity contribution in [1.29, 1.82) is 0 Å². The van der Waals surface area contributed by atoms with Gasteiger partial charge in [0.2, 0.25) is 5.91 Å². The number of rotatable bonds is 9. The maximum atomic E-state index is 14.4. The van der Waals surface area contributed by atoms with E-state index >= 15 is 0 Å². The molecule has 7 heteroatoms. The molecule has 4 saturated carbocycles. The van der Waals surface area contributed by atoms with Crippen molar-refractivity contribution < 1.29 is 24.2 Å². The number of pyridine rings is 1. The zero-order chi connectivity index (χ0) is 35.5. The molecule has 8 unspecified atom stereocenters. The summed E-state index contributed by atoms with van der Waals surface area (Å²) in [6, 6.07) is 5.77. The van der Waals surface area contributed by atoms with Crippen molar-refractivity contribution in [2.75, 3.05) is 0 Å². The van der Waals surface area contributed by atoms with Gasteiger partial charge in [-0.3, -0.25) is 19.4 Å². The van der Waals surface area contributed by atoms with Crippen molar-refractivity contribution in [3.8, 4) is 0 Å². The lowest BCUT2D eigenvalue weighted by Crippen LogP contribution is -2.67. The highest BCUT2D eigenvalue weighted by molar-refractivity contribution is 5.83. The van der Waals surface area contributed by atoms with Crippen molar-refractivity contribution in [3.05, 3.63) is 30.1 Å². The van der Waals surface area contributed by atoms with Crippen LogP contribution in [0.25, 0.3) is 0 Å². The standard InChI is InChI=1S/C41H64N2O5/c1-11-19-41(34(45)43-27(3)29-14-12-13-24-42-29)23-22-39(9)28(26(41)2)15-16-31-38(8)20-18-32(48-33(44)25-36(4,5)35(46)47)37(6,7)30(38)17-21-40(31,39)10/h12-14,24,26-28,30-32H,11,15-23,25H2,1-10H3,(H,43,45)(H,46,47)/t26?,27-,28?,30?,31?,32?,38?,39+,40?,41?/m0/s1. The lowest BCUT2D eigenvalue weighted by atomic mass is 9.32. The van der Waals surface area contributed by atoms with E-state index < -0.39 is 17.4 Å². The molecule has 268 valence electrons. The monoisotopic (exact) mass is 664 g/mol. The van der Waals surface area contributed by atoms with Crippen molar-refractivity contribution in [2.24, 2.45) is 56.2 Å². The van der Waals surface area contributed by atoms with E-state index in [0.29, 0.717) is 17.8 Å². The number of nitrogens with one attached hydrogen (secondary N) is 1. The van der Waals surface area contributed by atoms with Crippen LogP contribution in [0, 0.1) is 56.2 Å². The van der Waals surface area contributed by atoms with Crippen LogP contribution in [-0.2, 0) is 19.1 Å². The van der Waals surface area contributed by atoms with Gasteiger partial charge in [-0.05, 0) is 131 Å². The van der Waals surface area contributed by atoms with Gasteiger partial charge in [0.1, 0.15) is 6.10 Å². The van der Waals surface area contributed by atoms with Gasteiger partial charge in [0.05, 0.1) is 29.0 Å². The van der Waals surface area contributed by atoms with Gasteiger partial charge in [0.25, 0.3) is 0 Å². The summed E-state index contributed by atoms with van der Waals surface area (Å²) in [5.74, 6) is 0.589. The molecule has 0 aromatic carbocycles. The van der Waals surface area contributed by atoms with E-state index in [0.717, 1.165) is 63.5 Å². The van der Waals surface area contributed by atoms with E-state index in [1.165, 1.54) is 6.42 Å². The third-order valence-corrected chi connectivity index (χ3v) is 15.5. The van der Waals surface area contributed by atoms with Crippen molar-refractivity contribution in [1.82, 2.24) is 10.3 Å². The Morgan fingerprint density at radius 2 is 1.69 bits per heavy atom. The Morgan fingerprint density at radius 1 is 0.979 bits per heavy atom. The molecule has 48 heavy (non-hydrogen) atoms. The number of nitrogens with zero attached hydrogens (tertiary/aromatic N) is 1. The first kappa shape index (κ1) is 36.8. The van der Waals surface area contributed by atoms with Crippen LogP contribution in [0.15, 0.2) is 24.4 Å². The smallest absolute Gasteiger partial charge is 0.309 e. The van der Waals surface area contributed by atoms with E-state index in [-0.39, 0.29) is 57.5 Å². The molecule has 0 saturated heterocycles. The number of carbonyl (C=O) groups is 3. The minimum Gasteiger partial charge on any atom is -0.481 e. The Labute approximate surface area is 290 Å². The summed E-state index contributed by atoms with van der Waals surface area (Å²) in [6.45, 7) is 22.1. The van der Waals surface area contributed by atoms with E-state index in [1.54, 1.807) is 20.0 Å². The fourth-order valence-corrected chi connectivity index (χ4v) is 12.4. The van der Waals surface area contributed by atoms with Crippen LogP contribution in [0.2, 0.25) is 0 Å². The Bertz CT molecular complexity index is 1380. The Morgan fingerprint density at radius 3 is 2.31 bits per heavy atom. The van der Waals surface area contributed by atoms with Crippen LogP contribution in [0.1, 0.15) is 152 Å². The van der Waals surface area contributed by atoms with Gasteiger partial charge in [-0.15, -0.1) is 0 Å². The third kappa shape index (κ3) is 5.71. The minimum absolute atomic E-state index is 0.116. The normalized spacial score (nSPS) is 39.6. The van der Waals surface area contributed by atoms with Gasteiger partial charge in [-0.2, -0.15) is 0 Å². The van der Waals surface area contributed by atoms with Gasteiger partial charge in [-0.1, -0.05) is 61.0 Å². The number of hydrogen-bond acceptors (Lipinski definition) is 5. The predicted molar refractivity (Wildman–Crippen MR) is 189 cm³/mol. The Kier molecular flexibility index (Phi) is 9.75. The SMILES string of the molecule is CCCC1(C(=O)N[C@@H](C)c2ccccn2)CC[C@]2(C)C(CCC3C4(C)CCC(OC(=O)CC(C)(C)C(=O)O)C(C)(C)C4CCC32C)C1C. The molecule has 0 bridgehead atoms. The Balaban J connectivity index is 1.37. The minimum atomic E-state index is -1.14. The fourth-order valence-electron chi connectivity index (χ4n) is 12.4. The summed E-state index contributed by atoms with van der Waals surface area (Å²) >= 11 is 0. The molecule has 4 aliphatic rings. The summed E-state index contributed by atoms with van der Waals surface area (Å²) in [5.41, 5.74) is -0.376. The lowest BCUT2D eigenvalue weighted by Gasteiger charge is -2.72. The summed E-state index contributed by atoms with van der Waals surface area (Å²) in [4.78, 5) is 43.6. The molecule has 4 aliphatic carbocycles. The number of hydrogen-bond donors (Lipinski definition) is 2. The molecule has 7 nitrogen and oxygen atoms in total. The summed E-state index contributed by atoms with van der Waals surface area (Å²) < 4.78 is 6.15. The highest BCUT2D eigenvalue weighted by Crippen LogP contribution is 2.76. The number of aromatic nitrogens is 1. The summed E-state index contributed by atoms with van der Waals surface area (Å²) in [6.07, 6.45) is 11.8. The second-order valence-corrected chi connectivity index (χ2v) is 18.5. The largest absolute Gasteiger partial charge is 0.481 e. The second kappa shape index (κ2) is 12.7. The van der Waals surface area contributed by atoms with Crippen LogP contribution in [0.4, 0.5) is 0 Å². The average Bonchev–Trinajstić information content (AvgIpc) is 3.01. The molecule has 0 aliphatic heterocycles. The van der Waals surface area contributed by atoms with Crippen LogP contribution < -0.4 is 5.32 Å². The molecule has 0 spiro atoms. The maximum Gasteiger partial charge on any atom is 0.309 e. The molecule has 5 rings (SSSR count). The molecule has 1 amide bonds. The zero-order valence-electron chi connectivity index (χ0n) is 31.6. The predicted octanol–water partition coefficient (Wildman–Crippen LogP) is 9.16. The molecular formula is C41H64N2O5. The molecular weight excluding hydrogens is 600 g/mol. The Hall–Kier alpha value is -2.44. The number of carboxylic acids is 1. The quantitative estimate of drug-likeness (QED) is 0.255. The van der Waals surface area contributed by atoms with E-state index in [9.17, 15) is 19.5 Å². The van der Waals surface area contributed by atoms with E-state index in [2.05, 4.69) is 65.7 Å². The molecule has 1 heterocycles. The first-order valence-corrected chi connectivity index (χ1v) is 18.9. The number of fused-ring (bicyclic) bond motifs is 5. The van der Waals surface area contributed by atoms with E-state index in [4.69, 9.17) is 4.74 Å². The van der Waals surface area contributed by atoms with Crippen molar-refractivity contribution in [2.45, 2.75) is 152 Å². The second-order valence-electron chi connectivity index (χ2n) is 18.5. The highest BCUT2D eigenvalue weighted by atomic mass is 16.5. The molecule has 4 fully saturated rings. The van der Waals surface area contributed by atoms with E-state index in [1.807, 2.05) is 18.2 Å². The van der Waals surface area contributed by atoms with Gasteiger partial charge >= 0.3 is 11.9 Å². The van der Waals surface area contributed by atoms with Gasteiger partial charge in [0, 0.05) is 11.6 Å². The number of esters is 1.